The Hall–Kier alpha value is -1.64. The van der Waals surface area contributed by atoms with Crippen LogP contribution in [0.25, 0.3) is 0 Å². The average molecular weight is 456 g/mol. The van der Waals surface area contributed by atoms with E-state index in [-0.39, 0.29) is 25.0 Å². The quantitative estimate of drug-likeness (QED) is 0.756. The van der Waals surface area contributed by atoms with Crippen LogP contribution in [0.4, 0.5) is 5.69 Å². The molecule has 0 radical (unpaired) electrons. The summed E-state index contributed by atoms with van der Waals surface area (Å²) >= 11 is 6.13. The summed E-state index contributed by atoms with van der Waals surface area (Å²) in [7, 11) is -3.64. The first-order chi connectivity index (χ1) is 14.1. The number of nitrogens with one attached hydrogen (secondary N) is 1. The number of halogens is 1. The van der Waals surface area contributed by atoms with Crippen LogP contribution < -0.4 is 10.2 Å². The van der Waals surface area contributed by atoms with Crippen LogP contribution in [-0.4, -0.2) is 55.5 Å². The first-order valence-corrected chi connectivity index (χ1v) is 12.7. The molecule has 1 atom stereocenters. The van der Waals surface area contributed by atoms with E-state index in [9.17, 15) is 18.0 Å². The number of hydrogen-bond acceptors (Lipinski definition) is 4. The molecule has 1 heterocycles. The van der Waals surface area contributed by atoms with Crippen molar-refractivity contribution in [1.82, 2.24) is 9.62 Å². The van der Waals surface area contributed by atoms with E-state index in [1.54, 1.807) is 31.2 Å². The van der Waals surface area contributed by atoms with Gasteiger partial charge in [0.1, 0.15) is 5.54 Å². The molecule has 30 heavy (non-hydrogen) atoms. The highest BCUT2D eigenvalue weighted by atomic mass is 35.5. The molecule has 0 aromatic heterocycles. The van der Waals surface area contributed by atoms with Gasteiger partial charge < -0.3 is 5.32 Å². The zero-order chi connectivity index (χ0) is 21.9. The number of benzene rings is 1. The summed E-state index contributed by atoms with van der Waals surface area (Å²) < 4.78 is 25.5. The molecule has 2 aliphatic rings. The van der Waals surface area contributed by atoms with Crippen LogP contribution in [0.2, 0.25) is 5.02 Å². The molecule has 1 aliphatic carbocycles. The summed E-state index contributed by atoms with van der Waals surface area (Å²) in [5.41, 5.74) is -0.901. The van der Waals surface area contributed by atoms with Crippen molar-refractivity contribution in [3.05, 3.63) is 29.3 Å². The lowest BCUT2D eigenvalue weighted by Gasteiger charge is -2.47. The van der Waals surface area contributed by atoms with Gasteiger partial charge in [0.05, 0.1) is 12.8 Å². The fourth-order valence-electron chi connectivity index (χ4n) is 4.36. The lowest BCUT2D eigenvalue weighted by molar-refractivity contribution is -0.133. The molecule has 2 fully saturated rings. The van der Waals surface area contributed by atoms with Crippen molar-refractivity contribution in [3.8, 4) is 0 Å². The van der Waals surface area contributed by atoms with Gasteiger partial charge >= 0.3 is 0 Å². The standard InChI is InChI=1S/C21H30ClN3O4S/c1-21(20(27)23-17-10-6-4-3-5-7-11-17)15-24(30(2,28)29)14-19(26)25(21)18-12-8-9-16(22)13-18/h8-9,12-13,17H,3-7,10-11,14-15H2,1-2H3,(H,23,27)/t21-/m0/s1. The van der Waals surface area contributed by atoms with Crippen molar-refractivity contribution >= 4 is 39.1 Å². The van der Waals surface area contributed by atoms with Gasteiger partial charge in [-0.1, -0.05) is 49.8 Å². The molecule has 166 valence electrons. The van der Waals surface area contributed by atoms with Crippen LogP contribution in [-0.2, 0) is 19.6 Å². The van der Waals surface area contributed by atoms with E-state index in [4.69, 9.17) is 11.6 Å². The fraction of sp³-hybridized carbons (Fsp3) is 0.619. The predicted octanol–water partition coefficient (Wildman–Crippen LogP) is 2.94. The summed E-state index contributed by atoms with van der Waals surface area (Å²) in [5, 5.41) is 3.56. The van der Waals surface area contributed by atoms with Crippen molar-refractivity contribution < 1.29 is 18.0 Å². The number of carbonyl (C=O) groups excluding carboxylic acids is 2. The number of carbonyl (C=O) groups is 2. The topological polar surface area (TPSA) is 86.8 Å². The third-order valence-corrected chi connectivity index (χ3v) is 7.44. The van der Waals surface area contributed by atoms with Gasteiger partial charge in [0, 0.05) is 23.3 Å². The maximum absolute atomic E-state index is 13.5. The van der Waals surface area contributed by atoms with E-state index in [2.05, 4.69) is 5.32 Å². The zero-order valence-electron chi connectivity index (χ0n) is 17.6. The highest BCUT2D eigenvalue weighted by Gasteiger charge is 2.50. The van der Waals surface area contributed by atoms with Gasteiger partial charge in [0.2, 0.25) is 21.8 Å². The van der Waals surface area contributed by atoms with Crippen molar-refractivity contribution in [1.29, 1.82) is 0 Å². The van der Waals surface area contributed by atoms with Gasteiger partial charge in [-0.2, -0.15) is 4.31 Å². The van der Waals surface area contributed by atoms with E-state index in [1.165, 1.54) is 11.3 Å². The van der Waals surface area contributed by atoms with E-state index in [0.717, 1.165) is 49.1 Å². The number of anilines is 1. The minimum atomic E-state index is -3.64. The predicted molar refractivity (Wildman–Crippen MR) is 118 cm³/mol. The third kappa shape index (κ3) is 5.15. The number of rotatable bonds is 4. The summed E-state index contributed by atoms with van der Waals surface area (Å²) in [6.07, 6.45) is 8.46. The van der Waals surface area contributed by atoms with Gasteiger partial charge in [-0.25, -0.2) is 8.42 Å². The number of piperazine rings is 1. The van der Waals surface area contributed by atoms with Crippen LogP contribution in [0, 0.1) is 0 Å². The van der Waals surface area contributed by atoms with Crippen LogP contribution in [0.15, 0.2) is 24.3 Å². The molecular formula is C21H30ClN3O4S. The Morgan fingerprint density at radius 2 is 1.80 bits per heavy atom. The summed E-state index contributed by atoms with van der Waals surface area (Å²) in [6, 6.07) is 6.76. The molecule has 1 saturated heterocycles. The fourth-order valence-corrected chi connectivity index (χ4v) is 5.38. The Labute approximate surface area is 183 Å². The third-order valence-electron chi connectivity index (χ3n) is 6.00. The second kappa shape index (κ2) is 9.24. The Morgan fingerprint density at radius 3 is 2.40 bits per heavy atom. The highest BCUT2D eigenvalue weighted by Crippen LogP contribution is 2.32. The molecule has 0 bridgehead atoms. The average Bonchev–Trinajstić information content (AvgIpc) is 2.62. The van der Waals surface area contributed by atoms with Crippen LogP contribution >= 0.6 is 11.6 Å². The first kappa shape index (κ1) is 23.0. The minimum Gasteiger partial charge on any atom is -0.351 e. The molecule has 2 amide bonds. The highest BCUT2D eigenvalue weighted by molar-refractivity contribution is 7.88. The number of hydrogen-bond donors (Lipinski definition) is 1. The summed E-state index contributed by atoms with van der Waals surface area (Å²) in [4.78, 5) is 28.0. The molecule has 1 saturated carbocycles. The van der Waals surface area contributed by atoms with Gasteiger partial charge in [-0.15, -0.1) is 0 Å². The minimum absolute atomic E-state index is 0.0274. The van der Waals surface area contributed by atoms with Gasteiger partial charge in [-0.3, -0.25) is 14.5 Å². The van der Waals surface area contributed by atoms with Crippen LogP contribution in [0.5, 0.6) is 0 Å². The SMILES string of the molecule is C[C@@]1(C(=O)NC2CCCCCCC2)CN(S(C)(=O)=O)CC(=O)N1c1cccc(Cl)c1. The molecular weight excluding hydrogens is 426 g/mol. The Balaban J connectivity index is 1.94. The monoisotopic (exact) mass is 455 g/mol. The van der Waals surface area contributed by atoms with Crippen molar-refractivity contribution in [2.24, 2.45) is 0 Å². The van der Waals surface area contributed by atoms with E-state index in [1.807, 2.05) is 0 Å². The van der Waals surface area contributed by atoms with Gasteiger partial charge in [-0.05, 0) is 38.0 Å². The molecule has 1 aliphatic heterocycles. The van der Waals surface area contributed by atoms with Crippen molar-refractivity contribution in [3.63, 3.8) is 0 Å². The first-order valence-electron chi connectivity index (χ1n) is 10.5. The Morgan fingerprint density at radius 1 is 1.17 bits per heavy atom. The lowest BCUT2D eigenvalue weighted by Crippen LogP contribution is -2.70. The molecule has 0 spiro atoms. The number of nitrogens with zero attached hydrogens (tertiary/aromatic N) is 2. The van der Waals surface area contributed by atoms with Gasteiger partial charge in [0.25, 0.3) is 0 Å². The molecule has 1 aromatic rings. The largest absolute Gasteiger partial charge is 0.351 e. The Bertz CT molecular complexity index is 899. The number of amides is 2. The van der Waals surface area contributed by atoms with E-state index >= 15 is 0 Å². The molecule has 3 rings (SSSR count). The normalized spacial score (nSPS) is 24.9. The summed E-state index contributed by atoms with van der Waals surface area (Å²) in [5.74, 6) is -0.793. The molecule has 9 heteroatoms. The maximum atomic E-state index is 13.5. The second-order valence-electron chi connectivity index (χ2n) is 8.53. The van der Waals surface area contributed by atoms with E-state index < -0.39 is 21.5 Å². The second-order valence-corrected chi connectivity index (χ2v) is 10.9. The number of sulfonamides is 1. The molecule has 0 unspecified atom stereocenters. The van der Waals surface area contributed by atoms with Gasteiger partial charge in [0.15, 0.2) is 0 Å². The van der Waals surface area contributed by atoms with Crippen molar-refractivity contribution in [2.45, 2.75) is 63.5 Å². The van der Waals surface area contributed by atoms with Crippen LogP contribution in [0.1, 0.15) is 51.9 Å². The zero-order valence-corrected chi connectivity index (χ0v) is 19.1. The summed E-state index contributed by atoms with van der Waals surface area (Å²) in [6.45, 7) is 1.21. The smallest absolute Gasteiger partial charge is 0.247 e. The van der Waals surface area contributed by atoms with Crippen LogP contribution in [0.3, 0.4) is 0 Å². The molecule has 1 N–H and O–H groups in total. The van der Waals surface area contributed by atoms with Crippen molar-refractivity contribution in [2.75, 3.05) is 24.2 Å². The molecule has 1 aromatic carbocycles. The Kier molecular flexibility index (Phi) is 7.09. The maximum Gasteiger partial charge on any atom is 0.247 e. The molecule has 7 nitrogen and oxygen atoms in total. The van der Waals surface area contributed by atoms with E-state index in [0.29, 0.717) is 10.7 Å². The lowest BCUT2D eigenvalue weighted by atomic mass is 9.92.